The first kappa shape index (κ1) is 9.30. The van der Waals surface area contributed by atoms with Crippen LogP contribution in [0.25, 0.3) is 15.3 Å². The van der Waals surface area contributed by atoms with E-state index in [1.807, 2.05) is 36.5 Å². The summed E-state index contributed by atoms with van der Waals surface area (Å²) in [6, 6.07) is 9.63. The zero-order valence-corrected chi connectivity index (χ0v) is 9.19. The lowest BCUT2D eigenvalue weighted by atomic mass is 10.2. The van der Waals surface area contributed by atoms with Gasteiger partial charge in [0.15, 0.2) is 11.1 Å². The van der Waals surface area contributed by atoms with Gasteiger partial charge in [0.1, 0.15) is 0 Å². The van der Waals surface area contributed by atoms with Crippen LogP contribution in [0, 0.1) is 0 Å². The lowest BCUT2D eigenvalue weighted by Crippen LogP contribution is -2.16. The quantitative estimate of drug-likeness (QED) is 0.650. The Kier molecular flexibility index (Phi) is 2.08. The van der Waals surface area contributed by atoms with Crippen LogP contribution >= 0.6 is 11.3 Å². The number of nitrogens with zero attached hydrogens (tertiary/aromatic N) is 2. The van der Waals surface area contributed by atoms with Gasteiger partial charge in [-0.2, -0.15) is 0 Å². The van der Waals surface area contributed by atoms with E-state index in [9.17, 15) is 5.11 Å². The fourth-order valence-electron chi connectivity index (χ4n) is 1.64. The first-order valence-electron chi connectivity index (χ1n) is 4.89. The predicted molar refractivity (Wildman–Crippen MR) is 62.4 cm³/mol. The summed E-state index contributed by atoms with van der Waals surface area (Å²) in [4.78, 5) is 5.86. The van der Waals surface area contributed by atoms with Crippen molar-refractivity contribution in [2.24, 2.45) is 0 Å². The van der Waals surface area contributed by atoms with E-state index in [2.05, 4.69) is 4.98 Å². The Bertz CT molecular complexity index is 634. The van der Waals surface area contributed by atoms with E-state index in [1.165, 1.54) is 0 Å². The Balaban J connectivity index is 2.29. The third-order valence-corrected chi connectivity index (χ3v) is 3.57. The molecule has 0 aliphatic carbocycles. The molecule has 1 N–H and O–H groups in total. The van der Waals surface area contributed by atoms with E-state index < -0.39 is 0 Å². The number of rotatable bonds is 1. The number of thiazole rings is 1. The molecule has 0 aromatic carbocycles. The first-order valence-corrected chi connectivity index (χ1v) is 5.70. The molecular weight excluding hydrogens is 220 g/mol. The molecule has 3 aromatic heterocycles. The van der Waals surface area contributed by atoms with Crippen molar-refractivity contribution in [1.29, 1.82) is 0 Å². The molecule has 0 unspecified atom stereocenters. The van der Waals surface area contributed by atoms with Crippen LogP contribution in [-0.4, -0.2) is 10.1 Å². The molecule has 0 spiro atoms. The number of fused-ring (bicyclic) bond motifs is 1. The highest BCUT2D eigenvalue weighted by Gasteiger charge is 2.20. The van der Waals surface area contributed by atoms with Gasteiger partial charge in [-0.3, -0.25) is 4.98 Å². The third kappa shape index (κ3) is 1.35. The second kappa shape index (κ2) is 3.57. The summed E-state index contributed by atoms with van der Waals surface area (Å²) in [5, 5.41) is 10.1. The summed E-state index contributed by atoms with van der Waals surface area (Å²) in [6.07, 6.45) is 5.31. The Morgan fingerprint density at radius 2 is 1.94 bits per heavy atom. The molecular formula is C12H9N2OS+. The molecule has 3 rings (SSSR count). The van der Waals surface area contributed by atoms with Crippen molar-refractivity contribution in [2.75, 3.05) is 0 Å². The van der Waals surface area contributed by atoms with E-state index >= 15 is 0 Å². The standard InChI is InChI=1S/C12H8N2OS/c15-12-11(9-4-6-13-7-5-9)16-10-3-1-2-8-14(10)12/h1-8H/p+1. The second-order valence-electron chi connectivity index (χ2n) is 3.40. The summed E-state index contributed by atoms with van der Waals surface area (Å²) >= 11 is 1.56. The van der Waals surface area contributed by atoms with Gasteiger partial charge < -0.3 is 5.11 Å². The summed E-state index contributed by atoms with van der Waals surface area (Å²) in [7, 11) is 0. The molecule has 0 atom stereocenters. The van der Waals surface area contributed by atoms with Gasteiger partial charge in [-0.25, -0.2) is 0 Å². The summed E-state index contributed by atoms with van der Waals surface area (Å²) in [5.74, 6) is 0.284. The smallest absolute Gasteiger partial charge is 0.390 e. The van der Waals surface area contributed by atoms with Crippen molar-refractivity contribution in [1.82, 2.24) is 4.98 Å². The van der Waals surface area contributed by atoms with Crippen LogP contribution in [-0.2, 0) is 0 Å². The van der Waals surface area contributed by atoms with Crippen LogP contribution in [0.5, 0.6) is 5.88 Å². The van der Waals surface area contributed by atoms with E-state index in [-0.39, 0.29) is 5.88 Å². The minimum absolute atomic E-state index is 0.284. The highest BCUT2D eigenvalue weighted by molar-refractivity contribution is 7.20. The van der Waals surface area contributed by atoms with Crippen LogP contribution in [0.3, 0.4) is 0 Å². The highest BCUT2D eigenvalue weighted by atomic mass is 32.1. The number of aromatic hydroxyl groups is 1. The van der Waals surface area contributed by atoms with E-state index in [0.29, 0.717) is 0 Å². The largest absolute Gasteiger partial charge is 0.458 e. The Labute approximate surface area is 96.3 Å². The molecule has 0 bridgehead atoms. The van der Waals surface area contributed by atoms with Crippen molar-refractivity contribution in [3.8, 4) is 16.3 Å². The number of pyridine rings is 2. The topological polar surface area (TPSA) is 37.2 Å². The van der Waals surface area contributed by atoms with Crippen molar-refractivity contribution in [3.05, 3.63) is 48.9 Å². The average Bonchev–Trinajstić information content (AvgIpc) is 2.69. The first-order chi connectivity index (χ1) is 7.86. The SMILES string of the molecule is Oc1c(-c2ccncc2)sc2cccc[n+]12. The van der Waals surface area contributed by atoms with Crippen molar-refractivity contribution < 1.29 is 9.51 Å². The number of hydrogen-bond donors (Lipinski definition) is 1. The minimum atomic E-state index is 0.284. The van der Waals surface area contributed by atoms with Crippen LogP contribution in [0.2, 0.25) is 0 Å². The zero-order chi connectivity index (χ0) is 11.0. The van der Waals surface area contributed by atoms with Crippen LogP contribution < -0.4 is 4.40 Å². The summed E-state index contributed by atoms with van der Waals surface area (Å²) < 4.78 is 1.78. The normalized spacial score (nSPS) is 10.8. The molecule has 16 heavy (non-hydrogen) atoms. The van der Waals surface area contributed by atoms with Gasteiger partial charge in [-0.05, 0) is 18.2 Å². The highest BCUT2D eigenvalue weighted by Crippen LogP contribution is 2.33. The summed E-state index contributed by atoms with van der Waals surface area (Å²) in [6.45, 7) is 0. The van der Waals surface area contributed by atoms with Gasteiger partial charge in [-0.1, -0.05) is 11.3 Å². The van der Waals surface area contributed by atoms with Crippen molar-refractivity contribution >= 4 is 16.2 Å². The molecule has 3 heterocycles. The molecule has 3 nitrogen and oxygen atoms in total. The third-order valence-electron chi connectivity index (χ3n) is 2.40. The lowest BCUT2D eigenvalue weighted by Gasteiger charge is -1.91. The fourth-order valence-corrected chi connectivity index (χ4v) is 2.68. The number of aromatic nitrogens is 2. The van der Waals surface area contributed by atoms with Crippen molar-refractivity contribution in [2.45, 2.75) is 0 Å². The Morgan fingerprint density at radius 3 is 2.69 bits per heavy atom. The molecule has 0 amide bonds. The van der Waals surface area contributed by atoms with E-state index in [1.54, 1.807) is 28.1 Å². The van der Waals surface area contributed by atoms with Crippen LogP contribution in [0.1, 0.15) is 0 Å². The maximum atomic E-state index is 10.1. The maximum absolute atomic E-state index is 10.1. The summed E-state index contributed by atoms with van der Waals surface area (Å²) in [5.41, 5.74) is 0.987. The van der Waals surface area contributed by atoms with E-state index in [4.69, 9.17) is 0 Å². The Morgan fingerprint density at radius 1 is 1.12 bits per heavy atom. The van der Waals surface area contributed by atoms with Gasteiger partial charge in [0.25, 0.3) is 4.83 Å². The van der Waals surface area contributed by atoms with Gasteiger partial charge in [0.2, 0.25) is 0 Å². The molecule has 0 aliphatic rings. The van der Waals surface area contributed by atoms with Gasteiger partial charge >= 0.3 is 5.88 Å². The van der Waals surface area contributed by atoms with Gasteiger partial charge in [0.05, 0.1) is 0 Å². The molecule has 3 aromatic rings. The van der Waals surface area contributed by atoms with Crippen molar-refractivity contribution in [3.63, 3.8) is 0 Å². The second-order valence-corrected chi connectivity index (χ2v) is 4.43. The zero-order valence-electron chi connectivity index (χ0n) is 8.37. The molecule has 0 fully saturated rings. The maximum Gasteiger partial charge on any atom is 0.390 e. The lowest BCUT2D eigenvalue weighted by molar-refractivity contribution is -0.517. The minimum Gasteiger partial charge on any atom is -0.458 e. The van der Waals surface area contributed by atoms with Gasteiger partial charge in [-0.15, -0.1) is 4.40 Å². The van der Waals surface area contributed by atoms with Crippen LogP contribution in [0.4, 0.5) is 0 Å². The number of hydrogen-bond acceptors (Lipinski definition) is 3. The Hall–Kier alpha value is -1.94. The molecule has 0 saturated carbocycles. The molecule has 0 radical (unpaired) electrons. The fraction of sp³-hybridized carbons (Fsp3) is 0. The molecule has 78 valence electrons. The van der Waals surface area contributed by atoms with Crippen LogP contribution in [0.15, 0.2) is 48.9 Å². The monoisotopic (exact) mass is 229 g/mol. The molecule has 0 aliphatic heterocycles. The molecule has 0 saturated heterocycles. The van der Waals surface area contributed by atoms with Gasteiger partial charge in [0, 0.05) is 30.1 Å². The average molecular weight is 229 g/mol. The van der Waals surface area contributed by atoms with E-state index in [0.717, 1.165) is 15.3 Å². The predicted octanol–water partition coefficient (Wildman–Crippen LogP) is 2.25. The molecule has 4 heteroatoms.